The van der Waals surface area contributed by atoms with E-state index in [0.717, 1.165) is 60.9 Å². The molecule has 0 saturated heterocycles. The number of furan rings is 1. The molecule has 0 atom stereocenters. The highest BCUT2D eigenvalue weighted by molar-refractivity contribution is 6.15. The van der Waals surface area contributed by atoms with Gasteiger partial charge in [0.2, 0.25) is 0 Å². The number of anilines is 3. The number of fused-ring (bicyclic) bond motifs is 8. The lowest BCUT2D eigenvalue weighted by atomic mass is 9.67. The van der Waals surface area contributed by atoms with Crippen molar-refractivity contribution in [2.24, 2.45) is 0 Å². The highest BCUT2D eigenvalue weighted by atomic mass is 16.3. The number of pyridine rings is 1. The van der Waals surface area contributed by atoms with Crippen LogP contribution in [0.2, 0.25) is 0 Å². The largest absolute Gasteiger partial charge is 0.455 e. The second-order valence-corrected chi connectivity index (χ2v) is 14.3. The minimum Gasteiger partial charge on any atom is -0.455 e. The molecule has 1 aliphatic rings. The fourth-order valence-electron chi connectivity index (χ4n) is 9.05. The van der Waals surface area contributed by atoms with E-state index >= 15 is 0 Å². The van der Waals surface area contributed by atoms with Gasteiger partial charge in [-0.25, -0.2) is 0 Å². The van der Waals surface area contributed by atoms with E-state index in [-0.39, 0.29) is 0 Å². The van der Waals surface area contributed by atoms with Crippen LogP contribution < -0.4 is 4.90 Å². The Morgan fingerprint density at radius 2 is 1.07 bits per heavy atom. The topological polar surface area (TPSA) is 29.3 Å². The van der Waals surface area contributed by atoms with Gasteiger partial charge in [0.1, 0.15) is 11.2 Å². The molecule has 0 radical (unpaired) electrons. The molecule has 55 heavy (non-hydrogen) atoms. The van der Waals surface area contributed by atoms with Crippen LogP contribution in [0, 0.1) is 0 Å². The molecule has 1 aliphatic carbocycles. The van der Waals surface area contributed by atoms with Crippen LogP contribution in [0.1, 0.15) is 22.3 Å². The smallest absolute Gasteiger partial charge is 0.144 e. The summed E-state index contributed by atoms with van der Waals surface area (Å²) in [4.78, 5) is 6.83. The number of para-hydroxylation sites is 1. The second-order valence-electron chi connectivity index (χ2n) is 14.3. The monoisotopic (exact) mass is 702 g/mol. The van der Waals surface area contributed by atoms with E-state index in [0.29, 0.717) is 0 Å². The number of benzene rings is 8. The van der Waals surface area contributed by atoms with Crippen LogP contribution in [0.5, 0.6) is 0 Å². The zero-order valence-corrected chi connectivity index (χ0v) is 29.9. The lowest BCUT2D eigenvalue weighted by Crippen LogP contribution is -2.28. The molecule has 0 unspecified atom stereocenters. The van der Waals surface area contributed by atoms with Crippen molar-refractivity contribution in [1.29, 1.82) is 0 Å². The molecule has 0 saturated carbocycles. The summed E-state index contributed by atoms with van der Waals surface area (Å²) in [5, 5.41) is 4.29. The summed E-state index contributed by atoms with van der Waals surface area (Å²) in [6.45, 7) is 0. The molecule has 3 nitrogen and oxygen atoms in total. The molecule has 0 fully saturated rings. The first-order chi connectivity index (χ1) is 27.3. The molecular formula is C52H34N2O. The molecule has 2 aromatic heterocycles. The summed E-state index contributed by atoms with van der Waals surface area (Å²) in [5.41, 5.74) is 14.2. The van der Waals surface area contributed by atoms with Crippen LogP contribution in [-0.2, 0) is 5.41 Å². The van der Waals surface area contributed by atoms with E-state index < -0.39 is 5.41 Å². The van der Waals surface area contributed by atoms with E-state index in [1.54, 1.807) is 0 Å². The van der Waals surface area contributed by atoms with Crippen LogP contribution >= 0.6 is 0 Å². The lowest BCUT2D eigenvalue weighted by molar-refractivity contribution is 0.672. The van der Waals surface area contributed by atoms with Gasteiger partial charge in [-0.05, 0) is 86.8 Å². The van der Waals surface area contributed by atoms with Crippen molar-refractivity contribution in [3.8, 4) is 22.3 Å². The molecule has 0 amide bonds. The predicted octanol–water partition coefficient (Wildman–Crippen LogP) is 13.6. The number of rotatable bonds is 6. The summed E-state index contributed by atoms with van der Waals surface area (Å²) in [5.74, 6) is 0. The highest BCUT2D eigenvalue weighted by Crippen LogP contribution is 2.57. The van der Waals surface area contributed by atoms with Gasteiger partial charge >= 0.3 is 0 Å². The van der Waals surface area contributed by atoms with E-state index in [9.17, 15) is 0 Å². The number of aromatic nitrogens is 1. The molecule has 258 valence electrons. The first-order valence-electron chi connectivity index (χ1n) is 18.8. The normalized spacial score (nSPS) is 12.9. The molecule has 0 bridgehead atoms. The summed E-state index contributed by atoms with van der Waals surface area (Å²) < 4.78 is 6.74. The number of hydrogen-bond acceptors (Lipinski definition) is 3. The Labute approximate surface area is 319 Å². The van der Waals surface area contributed by atoms with Crippen molar-refractivity contribution in [2.45, 2.75) is 5.41 Å². The van der Waals surface area contributed by atoms with Gasteiger partial charge in [0.25, 0.3) is 0 Å². The van der Waals surface area contributed by atoms with Gasteiger partial charge in [-0.15, -0.1) is 0 Å². The second kappa shape index (κ2) is 12.4. The van der Waals surface area contributed by atoms with Crippen LogP contribution in [0.25, 0.3) is 55.0 Å². The fourth-order valence-corrected chi connectivity index (χ4v) is 9.05. The maximum Gasteiger partial charge on any atom is 0.144 e. The predicted molar refractivity (Wildman–Crippen MR) is 226 cm³/mol. The minimum absolute atomic E-state index is 0.521. The van der Waals surface area contributed by atoms with Gasteiger partial charge in [-0.3, -0.25) is 4.98 Å². The van der Waals surface area contributed by atoms with Gasteiger partial charge in [0.05, 0.1) is 11.1 Å². The lowest BCUT2D eigenvalue weighted by Gasteiger charge is -2.35. The molecular weight excluding hydrogens is 669 g/mol. The van der Waals surface area contributed by atoms with Crippen molar-refractivity contribution in [2.75, 3.05) is 4.90 Å². The van der Waals surface area contributed by atoms with Crippen molar-refractivity contribution >= 4 is 49.8 Å². The molecule has 2 heterocycles. The third-order valence-corrected chi connectivity index (χ3v) is 11.4. The van der Waals surface area contributed by atoms with Crippen molar-refractivity contribution < 1.29 is 4.42 Å². The Balaban J connectivity index is 1.20. The Bertz CT molecular complexity index is 3000. The molecule has 8 aromatic carbocycles. The molecule has 0 spiro atoms. The fraction of sp³-hybridized carbons (Fsp3) is 0.0192. The zero-order valence-electron chi connectivity index (χ0n) is 29.9. The standard InChI is InChI=1S/C52H34N2O/c1-4-14-35(15-5-1)41-20-11-13-23-49(41)54(40-26-29-44-45-27-24-36-30-31-53-34-46(36)51(45)55-50(44)33-40)39-25-28-43-42-21-10-12-22-47(42)52(48(43)32-39,37-16-6-2-7-17-37)38-18-8-3-9-19-38/h1-34H. The van der Waals surface area contributed by atoms with Gasteiger partial charge in [0, 0.05) is 51.6 Å². The SMILES string of the molecule is c1ccc(-c2ccccc2N(c2ccc3c(c2)C(c2ccccc2)(c2ccccc2)c2ccccc2-3)c2ccc3c(c2)oc2c4cnccc4ccc32)cc1. The first kappa shape index (κ1) is 31.3. The maximum absolute atomic E-state index is 6.74. The summed E-state index contributed by atoms with van der Waals surface area (Å²) in [6, 6.07) is 70.3. The third-order valence-electron chi connectivity index (χ3n) is 11.4. The third kappa shape index (κ3) is 4.73. The van der Waals surface area contributed by atoms with Crippen LogP contribution in [0.15, 0.2) is 211 Å². The van der Waals surface area contributed by atoms with Gasteiger partial charge in [-0.2, -0.15) is 0 Å². The summed E-state index contributed by atoms with van der Waals surface area (Å²) in [7, 11) is 0. The Hall–Kier alpha value is -7.23. The quantitative estimate of drug-likeness (QED) is 0.173. The Morgan fingerprint density at radius 3 is 1.85 bits per heavy atom. The van der Waals surface area contributed by atoms with E-state index in [1.807, 2.05) is 18.5 Å². The zero-order chi connectivity index (χ0) is 36.3. The van der Waals surface area contributed by atoms with Gasteiger partial charge < -0.3 is 9.32 Å². The van der Waals surface area contributed by atoms with Crippen LogP contribution in [0.3, 0.4) is 0 Å². The van der Waals surface area contributed by atoms with Gasteiger partial charge in [0.15, 0.2) is 0 Å². The first-order valence-corrected chi connectivity index (χ1v) is 18.8. The van der Waals surface area contributed by atoms with Gasteiger partial charge in [-0.1, -0.05) is 146 Å². The summed E-state index contributed by atoms with van der Waals surface area (Å²) >= 11 is 0. The number of nitrogens with zero attached hydrogens (tertiary/aromatic N) is 2. The molecule has 0 N–H and O–H groups in total. The van der Waals surface area contributed by atoms with Crippen molar-refractivity contribution in [1.82, 2.24) is 4.98 Å². The van der Waals surface area contributed by atoms with E-state index in [4.69, 9.17) is 4.42 Å². The van der Waals surface area contributed by atoms with Crippen molar-refractivity contribution in [3.05, 3.63) is 229 Å². The average Bonchev–Trinajstić information content (AvgIpc) is 3.78. The van der Waals surface area contributed by atoms with E-state index in [1.165, 1.54) is 33.4 Å². The minimum atomic E-state index is -0.521. The molecule has 0 aliphatic heterocycles. The average molecular weight is 703 g/mol. The Kier molecular flexibility index (Phi) is 7.08. The van der Waals surface area contributed by atoms with Crippen LogP contribution in [0.4, 0.5) is 17.1 Å². The summed E-state index contributed by atoms with van der Waals surface area (Å²) in [6.07, 6.45) is 3.73. The highest BCUT2D eigenvalue weighted by Gasteiger charge is 2.46. The van der Waals surface area contributed by atoms with Crippen molar-refractivity contribution in [3.63, 3.8) is 0 Å². The van der Waals surface area contributed by atoms with E-state index in [2.05, 4.69) is 198 Å². The molecule has 10 aromatic rings. The molecule has 3 heteroatoms. The number of hydrogen-bond donors (Lipinski definition) is 0. The maximum atomic E-state index is 6.74. The Morgan fingerprint density at radius 1 is 0.455 bits per heavy atom. The molecule has 11 rings (SSSR count). The van der Waals surface area contributed by atoms with Crippen LogP contribution in [-0.4, -0.2) is 4.98 Å².